The summed E-state index contributed by atoms with van der Waals surface area (Å²) in [5.74, 6) is 0. The molecule has 1 nitrogen and oxygen atoms in total. The molecule has 3 aromatic rings. The number of nitrogens with zero attached hydrogens (tertiary/aromatic N) is 1. The van der Waals surface area contributed by atoms with Crippen LogP contribution in [0, 0.1) is 0 Å². The molecule has 0 heterocycles. The van der Waals surface area contributed by atoms with E-state index in [9.17, 15) is 0 Å². The van der Waals surface area contributed by atoms with Gasteiger partial charge in [0.1, 0.15) is 0 Å². The number of fused-ring (bicyclic) bond motifs is 1. The minimum atomic E-state index is 1.20. The van der Waals surface area contributed by atoms with Gasteiger partial charge in [-0.05, 0) is 23.6 Å². The van der Waals surface area contributed by atoms with E-state index < -0.39 is 0 Å². The number of hydrogen-bond donors (Lipinski definition) is 0. The third kappa shape index (κ3) is 5.73. The first-order valence-electron chi connectivity index (χ1n) is 9.13. The highest BCUT2D eigenvalue weighted by Crippen LogP contribution is 2.30. The molecule has 0 aliphatic rings. The summed E-state index contributed by atoms with van der Waals surface area (Å²) in [4.78, 5) is 2.22. The molecule has 0 spiro atoms. The second-order valence-electron chi connectivity index (χ2n) is 4.39. The summed E-state index contributed by atoms with van der Waals surface area (Å²) >= 11 is 0. The average molecular weight is 324 g/mol. The zero-order chi connectivity index (χ0) is 18.4. The van der Waals surface area contributed by atoms with Gasteiger partial charge in [0, 0.05) is 23.8 Å². The van der Waals surface area contributed by atoms with E-state index in [1.807, 2.05) is 47.6 Å². The van der Waals surface area contributed by atoms with Crippen LogP contribution in [-0.4, -0.2) is 7.05 Å². The fraction of sp³-hybridized carbons (Fsp3) is 0.304. The summed E-state index contributed by atoms with van der Waals surface area (Å²) in [5, 5.41) is 2.56. The molecule has 24 heavy (non-hydrogen) atoms. The summed E-state index contributed by atoms with van der Waals surface area (Å²) < 4.78 is 0. The Balaban J connectivity index is 0.000000798. The lowest BCUT2D eigenvalue weighted by Gasteiger charge is -2.21. The zero-order valence-electron chi connectivity index (χ0n) is 16.4. The van der Waals surface area contributed by atoms with E-state index in [-0.39, 0.29) is 0 Å². The van der Waals surface area contributed by atoms with Gasteiger partial charge in [-0.1, -0.05) is 96.1 Å². The van der Waals surface area contributed by atoms with Gasteiger partial charge in [-0.3, -0.25) is 0 Å². The first-order chi connectivity index (χ1) is 11.9. The van der Waals surface area contributed by atoms with E-state index in [0.717, 1.165) is 0 Å². The molecular formula is C23H33N. The molecule has 0 unspecified atom stereocenters. The Labute approximate surface area is 149 Å². The van der Waals surface area contributed by atoms with Crippen LogP contribution in [0.15, 0.2) is 72.8 Å². The molecule has 0 saturated heterocycles. The van der Waals surface area contributed by atoms with Gasteiger partial charge in [0.2, 0.25) is 0 Å². The Morgan fingerprint density at radius 3 is 1.67 bits per heavy atom. The lowest BCUT2D eigenvalue weighted by molar-refractivity contribution is 1.22. The summed E-state index contributed by atoms with van der Waals surface area (Å²) in [6.07, 6.45) is 0. The summed E-state index contributed by atoms with van der Waals surface area (Å²) in [5.41, 5.74) is 2.44. The number of rotatable bonds is 2. The van der Waals surface area contributed by atoms with Crippen LogP contribution in [0.5, 0.6) is 0 Å². The van der Waals surface area contributed by atoms with Crippen LogP contribution < -0.4 is 4.90 Å². The molecule has 1 heteroatoms. The topological polar surface area (TPSA) is 3.24 Å². The maximum absolute atomic E-state index is 2.22. The second-order valence-corrected chi connectivity index (χ2v) is 4.39. The molecular weight excluding hydrogens is 290 g/mol. The standard InChI is InChI=1S/C17H15N.3C2H6/c1-18(15-10-3-2-4-11-15)17-13-7-9-14-8-5-6-12-16(14)17;3*1-2/h2-13H,1H3;3*1-2H3. The average Bonchev–Trinajstić information content (AvgIpc) is 2.72. The fourth-order valence-corrected chi connectivity index (χ4v) is 2.29. The van der Waals surface area contributed by atoms with E-state index in [1.54, 1.807) is 0 Å². The van der Waals surface area contributed by atoms with Gasteiger partial charge < -0.3 is 4.90 Å². The molecule has 130 valence electrons. The van der Waals surface area contributed by atoms with Gasteiger partial charge in [0.15, 0.2) is 0 Å². The van der Waals surface area contributed by atoms with E-state index in [4.69, 9.17) is 0 Å². The lowest BCUT2D eigenvalue weighted by Crippen LogP contribution is -2.09. The van der Waals surface area contributed by atoms with Crippen LogP contribution in [0.25, 0.3) is 10.8 Å². The Kier molecular flexibility index (Phi) is 11.9. The third-order valence-corrected chi connectivity index (χ3v) is 3.27. The van der Waals surface area contributed by atoms with E-state index >= 15 is 0 Å². The van der Waals surface area contributed by atoms with E-state index in [0.29, 0.717) is 0 Å². The largest absolute Gasteiger partial charge is 0.344 e. The Morgan fingerprint density at radius 2 is 1.04 bits per heavy atom. The number of hydrogen-bond acceptors (Lipinski definition) is 1. The van der Waals surface area contributed by atoms with Gasteiger partial charge in [-0.15, -0.1) is 0 Å². The molecule has 0 aromatic heterocycles. The highest BCUT2D eigenvalue weighted by molar-refractivity contribution is 5.95. The van der Waals surface area contributed by atoms with Crippen molar-refractivity contribution in [1.29, 1.82) is 0 Å². The molecule has 0 amide bonds. The molecule has 0 fully saturated rings. The highest BCUT2D eigenvalue weighted by Gasteiger charge is 2.06. The molecule has 3 rings (SSSR count). The van der Waals surface area contributed by atoms with Crippen molar-refractivity contribution in [1.82, 2.24) is 0 Å². The van der Waals surface area contributed by atoms with Gasteiger partial charge in [0.05, 0.1) is 0 Å². The fourth-order valence-electron chi connectivity index (χ4n) is 2.29. The van der Waals surface area contributed by atoms with E-state index in [1.165, 1.54) is 22.1 Å². The van der Waals surface area contributed by atoms with Crippen molar-refractivity contribution in [2.24, 2.45) is 0 Å². The van der Waals surface area contributed by atoms with Gasteiger partial charge >= 0.3 is 0 Å². The van der Waals surface area contributed by atoms with Crippen LogP contribution in [0.3, 0.4) is 0 Å². The van der Waals surface area contributed by atoms with Crippen LogP contribution in [0.1, 0.15) is 41.5 Å². The van der Waals surface area contributed by atoms with E-state index in [2.05, 4.69) is 78.7 Å². The number of anilines is 2. The quantitative estimate of drug-likeness (QED) is 0.467. The monoisotopic (exact) mass is 323 g/mol. The minimum Gasteiger partial charge on any atom is -0.344 e. The van der Waals surface area contributed by atoms with Crippen LogP contribution >= 0.6 is 0 Å². The molecule has 0 N–H and O–H groups in total. The molecule has 0 aliphatic carbocycles. The van der Waals surface area contributed by atoms with Crippen LogP contribution in [0.4, 0.5) is 11.4 Å². The second kappa shape index (κ2) is 13.2. The van der Waals surface area contributed by atoms with Crippen molar-refractivity contribution >= 4 is 22.1 Å². The van der Waals surface area contributed by atoms with Crippen molar-refractivity contribution in [3.05, 3.63) is 72.8 Å². The van der Waals surface area contributed by atoms with Crippen molar-refractivity contribution < 1.29 is 0 Å². The van der Waals surface area contributed by atoms with Crippen LogP contribution in [0.2, 0.25) is 0 Å². The predicted octanol–water partition coefficient (Wildman–Crippen LogP) is 7.69. The lowest BCUT2D eigenvalue weighted by atomic mass is 10.1. The number of para-hydroxylation sites is 1. The maximum Gasteiger partial charge on any atom is 0.0487 e. The minimum absolute atomic E-state index is 1.20. The zero-order valence-corrected chi connectivity index (χ0v) is 16.4. The molecule has 0 atom stereocenters. The van der Waals surface area contributed by atoms with Gasteiger partial charge in [-0.25, -0.2) is 0 Å². The maximum atomic E-state index is 2.22. The normalized spacial score (nSPS) is 8.62. The predicted molar refractivity (Wildman–Crippen MR) is 112 cm³/mol. The van der Waals surface area contributed by atoms with Crippen molar-refractivity contribution in [2.45, 2.75) is 41.5 Å². The van der Waals surface area contributed by atoms with Gasteiger partial charge in [-0.2, -0.15) is 0 Å². The molecule has 0 radical (unpaired) electrons. The SMILES string of the molecule is CC.CC.CC.CN(c1ccccc1)c1cccc2ccccc12. The summed E-state index contributed by atoms with van der Waals surface area (Å²) in [7, 11) is 2.11. The summed E-state index contributed by atoms with van der Waals surface area (Å²) in [6, 6.07) is 25.3. The van der Waals surface area contributed by atoms with Crippen molar-refractivity contribution in [2.75, 3.05) is 11.9 Å². The highest BCUT2D eigenvalue weighted by atomic mass is 15.1. The molecule has 0 aliphatic heterocycles. The van der Waals surface area contributed by atoms with Crippen LogP contribution in [-0.2, 0) is 0 Å². The third-order valence-electron chi connectivity index (χ3n) is 3.27. The first-order valence-corrected chi connectivity index (χ1v) is 9.13. The number of benzene rings is 3. The molecule has 0 bridgehead atoms. The molecule has 3 aromatic carbocycles. The summed E-state index contributed by atoms with van der Waals surface area (Å²) in [6.45, 7) is 12.0. The van der Waals surface area contributed by atoms with Crippen molar-refractivity contribution in [3.8, 4) is 0 Å². The molecule has 0 saturated carbocycles. The smallest absolute Gasteiger partial charge is 0.0487 e. The van der Waals surface area contributed by atoms with Crippen molar-refractivity contribution in [3.63, 3.8) is 0 Å². The first kappa shape index (κ1) is 21.7. The van der Waals surface area contributed by atoms with Gasteiger partial charge in [0.25, 0.3) is 0 Å². The Bertz CT molecular complexity index is 654. The Hall–Kier alpha value is -2.28. The Morgan fingerprint density at radius 1 is 0.542 bits per heavy atom.